The normalized spacial score (nSPS) is 30.4. The van der Waals surface area contributed by atoms with Crippen molar-refractivity contribution in [2.45, 2.75) is 82.7 Å². The maximum atomic E-state index is 13.3. The summed E-state index contributed by atoms with van der Waals surface area (Å²) in [5, 5.41) is 11.7. The van der Waals surface area contributed by atoms with E-state index in [0.29, 0.717) is 43.2 Å². The van der Waals surface area contributed by atoms with E-state index in [1.165, 1.54) is 5.56 Å². The predicted molar refractivity (Wildman–Crippen MR) is 166 cm³/mol. The molecule has 4 N–H and O–H groups in total. The Bertz CT molecular complexity index is 1400. The van der Waals surface area contributed by atoms with Crippen LogP contribution in [0.1, 0.15) is 80.3 Å². The molecule has 1 amide bonds. The van der Waals surface area contributed by atoms with Crippen LogP contribution in [-0.2, 0) is 23.1 Å². The van der Waals surface area contributed by atoms with E-state index < -0.39 is 26.8 Å². The molecule has 0 unspecified atom stereocenters. The van der Waals surface area contributed by atoms with Gasteiger partial charge in [0, 0.05) is 30.2 Å². The number of carbonyl (C=O) groups is 1. The number of ether oxygens (including phenoxy) is 1. The summed E-state index contributed by atoms with van der Waals surface area (Å²) in [4.78, 5) is 15.6. The summed E-state index contributed by atoms with van der Waals surface area (Å²) >= 11 is 6.31. The van der Waals surface area contributed by atoms with Gasteiger partial charge >= 0.3 is 0 Å². The van der Waals surface area contributed by atoms with E-state index in [1.807, 2.05) is 25.1 Å². The molecular weight excluding hydrogens is 574 g/mol. The summed E-state index contributed by atoms with van der Waals surface area (Å²) in [6.07, 6.45) is 6.45. The molecule has 5 rings (SSSR count). The minimum atomic E-state index is -3.92. The van der Waals surface area contributed by atoms with Crippen molar-refractivity contribution in [3.8, 4) is 5.75 Å². The van der Waals surface area contributed by atoms with Crippen molar-refractivity contribution in [3.05, 3.63) is 58.1 Å². The zero-order valence-corrected chi connectivity index (χ0v) is 26.2. The van der Waals surface area contributed by atoms with Gasteiger partial charge in [0.2, 0.25) is 10.0 Å². The molecule has 2 aromatic rings. The molecule has 2 bridgehead atoms. The predicted octanol–water partition coefficient (Wildman–Crippen LogP) is 5.05. The van der Waals surface area contributed by atoms with Crippen LogP contribution in [0.5, 0.6) is 5.75 Å². The number of anilines is 1. The van der Waals surface area contributed by atoms with Crippen LogP contribution in [0.4, 0.5) is 5.69 Å². The van der Waals surface area contributed by atoms with Gasteiger partial charge in [-0.3, -0.25) is 4.79 Å². The van der Waals surface area contributed by atoms with Gasteiger partial charge < -0.3 is 20.5 Å². The highest BCUT2D eigenvalue weighted by atomic mass is 35.5. The molecular formula is C32H44ClN3O5S. The standard InChI is InChI=1S/C32H44ClN3O5S/c1-21-6-5-14-32(38,20-34)28-12-9-25(28)18-36-15-4-3-7-23-16-27(33)11-8-26(23)19-41-30-13-10-24(17-29(30)36)31(37)35-42(39,40)22(21)2/h8,10-11,13,16-17,21-22,25,28,38H,3-7,9,12,14-15,18-20,34H2,1-2H3,(H,35,37)/t21-,22+,25-,28+,32+/m0/s1. The van der Waals surface area contributed by atoms with Crippen LogP contribution in [0, 0.1) is 17.8 Å². The summed E-state index contributed by atoms with van der Waals surface area (Å²) in [5.41, 5.74) is 8.46. The number of hydrogen-bond donors (Lipinski definition) is 3. The lowest BCUT2D eigenvalue weighted by Crippen LogP contribution is -2.54. The summed E-state index contributed by atoms with van der Waals surface area (Å²) in [5.74, 6) is 0.0981. The fourth-order valence-corrected chi connectivity index (χ4v) is 8.35. The molecule has 0 aromatic heterocycles. The molecule has 3 aliphatic rings. The number of halogens is 1. The molecule has 0 saturated heterocycles. The number of rotatable bonds is 1. The quantitative estimate of drug-likeness (QED) is 0.409. The van der Waals surface area contributed by atoms with Gasteiger partial charge in [0.05, 0.1) is 16.5 Å². The van der Waals surface area contributed by atoms with Crippen LogP contribution >= 0.6 is 11.6 Å². The van der Waals surface area contributed by atoms with Gasteiger partial charge in [-0.15, -0.1) is 0 Å². The average molecular weight is 618 g/mol. The van der Waals surface area contributed by atoms with Crippen LogP contribution in [0.25, 0.3) is 0 Å². The number of amides is 1. The molecule has 1 aliphatic carbocycles. The second-order valence-corrected chi connectivity index (χ2v) is 15.1. The molecule has 2 heterocycles. The first kappa shape index (κ1) is 31.1. The largest absolute Gasteiger partial charge is 0.487 e. The zero-order valence-electron chi connectivity index (χ0n) is 24.6. The van der Waals surface area contributed by atoms with Crippen molar-refractivity contribution in [2.24, 2.45) is 23.5 Å². The van der Waals surface area contributed by atoms with E-state index in [-0.39, 0.29) is 29.9 Å². The maximum Gasteiger partial charge on any atom is 0.264 e. The molecule has 2 aromatic carbocycles. The fraction of sp³-hybridized carbons (Fsp3) is 0.594. The first-order valence-corrected chi connectivity index (χ1v) is 17.2. The number of aliphatic hydroxyl groups is 1. The molecule has 42 heavy (non-hydrogen) atoms. The van der Waals surface area contributed by atoms with Gasteiger partial charge in [0.15, 0.2) is 0 Å². The van der Waals surface area contributed by atoms with Crippen molar-refractivity contribution < 1.29 is 23.1 Å². The van der Waals surface area contributed by atoms with Crippen molar-refractivity contribution >= 4 is 33.2 Å². The zero-order chi connectivity index (χ0) is 30.1. The Morgan fingerprint density at radius 1 is 1.10 bits per heavy atom. The second-order valence-electron chi connectivity index (χ2n) is 12.6. The van der Waals surface area contributed by atoms with Crippen LogP contribution in [-0.4, -0.2) is 49.9 Å². The van der Waals surface area contributed by atoms with E-state index in [1.54, 1.807) is 25.1 Å². The molecule has 1 saturated carbocycles. The first-order valence-electron chi connectivity index (χ1n) is 15.3. The third kappa shape index (κ3) is 6.59. The average Bonchev–Trinajstić information content (AvgIpc) is 2.97. The summed E-state index contributed by atoms with van der Waals surface area (Å²) in [7, 11) is -3.92. The van der Waals surface area contributed by atoms with Gasteiger partial charge in [-0.25, -0.2) is 13.1 Å². The van der Waals surface area contributed by atoms with Crippen molar-refractivity contribution in [1.82, 2.24) is 4.72 Å². The molecule has 0 spiro atoms. The van der Waals surface area contributed by atoms with Gasteiger partial charge in [-0.1, -0.05) is 31.0 Å². The van der Waals surface area contributed by atoms with Gasteiger partial charge in [-0.2, -0.15) is 0 Å². The number of carbonyl (C=O) groups excluding carboxylic acids is 1. The lowest BCUT2D eigenvalue weighted by molar-refractivity contribution is -0.0813. The van der Waals surface area contributed by atoms with Gasteiger partial charge in [-0.05, 0) is 111 Å². The molecule has 1 fully saturated rings. The Kier molecular flexibility index (Phi) is 9.42. The van der Waals surface area contributed by atoms with Gasteiger partial charge in [0.1, 0.15) is 12.4 Å². The summed E-state index contributed by atoms with van der Waals surface area (Å²) in [6, 6.07) is 11.0. The Morgan fingerprint density at radius 3 is 2.64 bits per heavy atom. The van der Waals surface area contributed by atoms with E-state index in [0.717, 1.165) is 49.9 Å². The third-order valence-electron chi connectivity index (χ3n) is 9.95. The molecule has 8 nitrogen and oxygen atoms in total. The lowest BCUT2D eigenvalue weighted by atomic mass is 9.63. The van der Waals surface area contributed by atoms with Crippen LogP contribution < -0.4 is 20.1 Å². The smallest absolute Gasteiger partial charge is 0.264 e. The van der Waals surface area contributed by atoms with E-state index in [2.05, 4.69) is 9.62 Å². The van der Waals surface area contributed by atoms with Crippen LogP contribution in [0.15, 0.2) is 36.4 Å². The summed E-state index contributed by atoms with van der Waals surface area (Å²) in [6.45, 7) is 5.47. The Labute approximate surface area is 255 Å². The van der Waals surface area contributed by atoms with E-state index in [4.69, 9.17) is 22.1 Å². The number of nitrogens with one attached hydrogen (secondary N) is 1. The highest BCUT2D eigenvalue weighted by Gasteiger charge is 2.46. The van der Waals surface area contributed by atoms with Crippen LogP contribution in [0.3, 0.4) is 0 Å². The number of fused-ring (bicyclic) bond motifs is 3. The lowest BCUT2D eigenvalue weighted by Gasteiger charge is -2.49. The van der Waals surface area contributed by atoms with Crippen molar-refractivity contribution in [1.29, 1.82) is 0 Å². The highest BCUT2D eigenvalue weighted by molar-refractivity contribution is 7.90. The fourth-order valence-electron chi connectivity index (χ4n) is 6.85. The molecule has 5 atom stereocenters. The number of benzene rings is 2. The number of nitrogens with two attached hydrogens (primary N) is 1. The van der Waals surface area contributed by atoms with E-state index >= 15 is 0 Å². The Hall–Kier alpha value is -2.33. The highest BCUT2D eigenvalue weighted by Crippen LogP contribution is 2.45. The SMILES string of the molecule is C[C@@H]1[C@@H](C)CCC[C@@](O)(CN)[C@@H]2CC[C@H]2CN2CCCCc3cc(Cl)ccc3COc3ccc(cc32)C(=O)NS1(=O)=O. The minimum Gasteiger partial charge on any atom is -0.487 e. The number of sulfonamides is 1. The maximum absolute atomic E-state index is 13.3. The van der Waals surface area contributed by atoms with Gasteiger partial charge in [0.25, 0.3) is 5.91 Å². The second kappa shape index (κ2) is 12.7. The summed E-state index contributed by atoms with van der Waals surface area (Å²) < 4.78 is 35.1. The van der Waals surface area contributed by atoms with Crippen molar-refractivity contribution in [3.63, 3.8) is 0 Å². The molecule has 0 radical (unpaired) electrons. The topological polar surface area (TPSA) is 122 Å². The molecule has 10 heteroatoms. The molecule has 230 valence electrons. The third-order valence-corrected chi connectivity index (χ3v) is 12.1. The monoisotopic (exact) mass is 617 g/mol. The number of hydrogen-bond acceptors (Lipinski definition) is 7. The Balaban J connectivity index is 1.55. The van der Waals surface area contributed by atoms with Crippen molar-refractivity contribution in [2.75, 3.05) is 24.5 Å². The Morgan fingerprint density at radius 2 is 1.90 bits per heavy atom. The number of nitrogens with zero attached hydrogens (tertiary/aromatic N) is 1. The number of aryl methyl sites for hydroxylation is 1. The van der Waals surface area contributed by atoms with Crippen LogP contribution in [0.2, 0.25) is 5.02 Å². The minimum absolute atomic E-state index is 0.0623. The van der Waals surface area contributed by atoms with E-state index in [9.17, 15) is 18.3 Å². The first-order chi connectivity index (χ1) is 20.0. The molecule has 2 aliphatic heterocycles.